The number of pyridine rings is 1. The van der Waals surface area contributed by atoms with Crippen molar-refractivity contribution in [1.29, 1.82) is 0 Å². The first-order chi connectivity index (χ1) is 9.96. The molecule has 0 spiro atoms. The largest absolute Gasteiger partial charge is 0.398 e. The molecule has 1 aromatic heterocycles. The van der Waals surface area contributed by atoms with Crippen molar-refractivity contribution in [2.24, 2.45) is 0 Å². The molecule has 0 radical (unpaired) electrons. The molecule has 21 heavy (non-hydrogen) atoms. The molecule has 2 aromatic rings. The fraction of sp³-hybridized carbons (Fsp3) is 0.154. The molecule has 0 bridgehead atoms. The Morgan fingerprint density at radius 1 is 1.19 bits per heavy atom. The van der Waals surface area contributed by atoms with Gasteiger partial charge in [0.15, 0.2) is 0 Å². The van der Waals surface area contributed by atoms with Gasteiger partial charge in [0, 0.05) is 16.3 Å². The monoisotopic (exact) mass is 343 g/mol. The molecule has 0 aliphatic rings. The van der Waals surface area contributed by atoms with Gasteiger partial charge in [0.25, 0.3) is 0 Å². The van der Waals surface area contributed by atoms with Gasteiger partial charge in [0.1, 0.15) is 11.0 Å². The van der Waals surface area contributed by atoms with Crippen molar-refractivity contribution in [3.05, 3.63) is 47.6 Å². The molecule has 112 valence electrons. The highest BCUT2D eigenvalue weighted by Gasteiger charge is 2.12. The highest BCUT2D eigenvalue weighted by molar-refractivity contribution is 8.01. The van der Waals surface area contributed by atoms with Crippen LogP contribution in [-0.4, -0.2) is 24.9 Å². The zero-order valence-electron chi connectivity index (χ0n) is 11.0. The average molecular weight is 344 g/mol. The lowest BCUT2D eigenvalue weighted by molar-refractivity contribution is 0.602. The van der Waals surface area contributed by atoms with Gasteiger partial charge < -0.3 is 5.73 Å². The lowest BCUT2D eigenvalue weighted by Gasteiger charge is -2.08. The summed E-state index contributed by atoms with van der Waals surface area (Å²) in [5, 5.41) is 0.238. The number of nitrogen functional groups attached to an aromatic ring is 1. The summed E-state index contributed by atoms with van der Waals surface area (Å²) in [5.41, 5.74) is 6.44. The SMILES string of the molecule is Nc1ccccc1SCCS(=O)(=O)Nc1cccc(Cl)n1. The van der Waals surface area contributed by atoms with Gasteiger partial charge in [0.05, 0.1) is 5.75 Å². The molecule has 0 unspecified atom stereocenters. The number of hydrogen-bond acceptors (Lipinski definition) is 5. The fourth-order valence-corrected chi connectivity index (χ4v) is 4.09. The van der Waals surface area contributed by atoms with Crippen LogP contribution in [0.4, 0.5) is 11.5 Å². The van der Waals surface area contributed by atoms with Gasteiger partial charge in [-0.3, -0.25) is 4.72 Å². The zero-order valence-corrected chi connectivity index (χ0v) is 13.4. The van der Waals surface area contributed by atoms with E-state index in [9.17, 15) is 8.42 Å². The van der Waals surface area contributed by atoms with E-state index in [1.165, 1.54) is 11.8 Å². The van der Waals surface area contributed by atoms with Crippen molar-refractivity contribution in [1.82, 2.24) is 4.98 Å². The second kappa shape index (κ2) is 7.02. The Kier molecular flexibility index (Phi) is 5.33. The quantitative estimate of drug-likeness (QED) is 0.478. The second-order valence-electron chi connectivity index (χ2n) is 4.15. The van der Waals surface area contributed by atoms with Crippen LogP contribution in [0.25, 0.3) is 0 Å². The van der Waals surface area contributed by atoms with E-state index in [0.717, 1.165) is 4.90 Å². The molecule has 0 aliphatic heterocycles. The molecule has 8 heteroatoms. The number of nitrogens with zero attached hydrogens (tertiary/aromatic N) is 1. The van der Waals surface area contributed by atoms with E-state index in [1.54, 1.807) is 24.3 Å². The van der Waals surface area contributed by atoms with Gasteiger partial charge in [-0.25, -0.2) is 13.4 Å². The number of sulfonamides is 1. The molecule has 1 heterocycles. The first-order valence-electron chi connectivity index (χ1n) is 6.07. The van der Waals surface area contributed by atoms with Crippen molar-refractivity contribution in [2.75, 3.05) is 22.0 Å². The van der Waals surface area contributed by atoms with Gasteiger partial charge in [-0.15, -0.1) is 11.8 Å². The number of benzene rings is 1. The van der Waals surface area contributed by atoms with Crippen LogP contribution < -0.4 is 10.5 Å². The maximum atomic E-state index is 11.9. The van der Waals surface area contributed by atoms with Crippen LogP contribution in [0.1, 0.15) is 0 Å². The van der Waals surface area contributed by atoms with Crippen LogP contribution in [0.2, 0.25) is 5.15 Å². The maximum absolute atomic E-state index is 11.9. The van der Waals surface area contributed by atoms with Gasteiger partial charge in [-0.2, -0.15) is 0 Å². The number of hydrogen-bond donors (Lipinski definition) is 2. The molecule has 0 saturated heterocycles. The Balaban J connectivity index is 1.91. The molecular weight excluding hydrogens is 330 g/mol. The summed E-state index contributed by atoms with van der Waals surface area (Å²) in [6, 6.07) is 12.1. The Morgan fingerprint density at radius 2 is 1.95 bits per heavy atom. The van der Waals surface area contributed by atoms with Gasteiger partial charge >= 0.3 is 0 Å². The summed E-state index contributed by atoms with van der Waals surface area (Å²) in [7, 11) is -3.47. The van der Waals surface area contributed by atoms with Crippen LogP contribution in [0, 0.1) is 0 Å². The lowest BCUT2D eigenvalue weighted by atomic mass is 10.3. The molecule has 0 amide bonds. The third-order valence-corrected chi connectivity index (χ3v) is 5.33. The van der Waals surface area contributed by atoms with E-state index in [2.05, 4.69) is 9.71 Å². The van der Waals surface area contributed by atoms with Gasteiger partial charge in [0.2, 0.25) is 10.0 Å². The van der Waals surface area contributed by atoms with Crippen LogP contribution >= 0.6 is 23.4 Å². The molecule has 2 rings (SSSR count). The summed E-state index contributed by atoms with van der Waals surface area (Å²) in [4.78, 5) is 4.76. The van der Waals surface area contributed by atoms with E-state index in [4.69, 9.17) is 17.3 Å². The third-order valence-electron chi connectivity index (χ3n) is 2.50. The predicted molar refractivity (Wildman–Crippen MR) is 88.2 cm³/mol. The van der Waals surface area contributed by atoms with Gasteiger partial charge in [-0.05, 0) is 24.3 Å². The summed E-state index contributed by atoms with van der Waals surface area (Å²) < 4.78 is 26.3. The number of para-hydroxylation sites is 1. The first kappa shape index (κ1) is 15.9. The Labute approximate surface area is 133 Å². The molecule has 0 saturated carbocycles. The van der Waals surface area contributed by atoms with Crippen LogP contribution in [0.15, 0.2) is 47.4 Å². The molecule has 0 atom stereocenters. The normalized spacial score (nSPS) is 11.3. The zero-order chi connectivity index (χ0) is 15.3. The van der Waals surface area contributed by atoms with Crippen LogP contribution in [0.5, 0.6) is 0 Å². The van der Waals surface area contributed by atoms with Crippen molar-refractivity contribution in [2.45, 2.75) is 4.90 Å². The Morgan fingerprint density at radius 3 is 2.67 bits per heavy atom. The minimum atomic E-state index is -3.47. The molecule has 0 fully saturated rings. The second-order valence-corrected chi connectivity index (χ2v) is 7.52. The van der Waals surface area contributed by atoms with E-state index in [-0.39, 0.29) is 16.7 Å². The van der Waals surface area contributed by atoms with E-state index < -0.39 is 10.0 Å². The predicted octanol–water partition coefficient (Wildman–Crippen LogP) is 2.85. The summed E-state index contributed by atoms with van der Waals surface area (Å²) in [5.74, 6) is 0.566. The Bertz CT molecular complexity index is 723. The standard InChI is InChI=1S/C13H14ClN3O2S2/c14-12-6-3-7-13(16-12)17-21(18,19)9-8-20-11-5-2-1-4-10(11)15/h1-7H,8-9,15H2,(H,16,17). The minimum Gasteiger partial charge on any atom is -0.398 e. The van der Waals surface area contributed by atoms with Gasteiger partial charge in [-0.1, -0.05) is 29.8 Å². The Hall–Kier alpha value is -1.44. The average Bonchev–Trinajstić information content (AvgIpc) is 2.40. The molecular formula is C13H14ClN3O2S2. The van der Waals surface area contributed by atoms with Crippen LogP contribution in [0.3, 0.4) is 0 Å². The highest BCUT2D eigenvalue weighted by Crippen LogP contribution is 2.24. The van der Waals surface area contributed by atoms with Crippen molar-refractivity contribution >= 4 is 44.9 Å². The fourth-order valence-electron chi connectivity index (χ4n) is 1.55. The van der Waals surface area contributed by atoms with Crippen molar-refractivity contribution in [3.63, 3.8) is 0 Å². The number of thioether (sulfide) groups is 1. The molecule has 0 aliphatic carbocycles. The molecule has 5 nitrogen and oxygen atoms in total. The number of halogens is 1. The highest BCUT2D eigenvalue weighted by atomic mass is 35.5. The number of nitrogens with two attached hydrogens (primary N) is 1. The summed E-state index contributed by atoms with van der Waals surface area (Å²) >= 11 is 7.11. The van der Waals surface area contributed by atoms with Crippen LogP contribution in [-0.2, 0) is 10.0 Å². The number of aromatic nitrogens is 1. The smallest absolute Gasteiger partial charge is 0.234 e. The van der Waals surface area contributed by atoms with Crippen molar-refractivity contribution in [3.8, 4) is 0 Å². The number of nitrogens with one attached hydrogen (secondary N) is 1. The summed E-state index contributed by atoms with van der Waals surface area (Å²) in [6.45, 7) is 0. The first-order valence-corrected chi connectivity index (χ1v) is 9.08. The van der Waals surface area contributed by atoms with E-state index >= 15 is 0 Å². The maximum Gasteiger partial charge on any atom is 0.234 e. The molecule has 3 N–H and O–H groups in total. The minimum absolute atomic E-state index is 0.0415. The molecule has 1 aromatic carbocycles. The topological polar surface area (TPSA) is 85.1 Å². The number of rotatable bonds is 6. The lowest BCUT2D eigenvalue weighted by Crippen LogP contribution is -2.18. The summed E-state index contributed by atoms with van der Waals surface area (Å²) in [6.07, 6.45) is 0. The third kappa shape index (κ3) is 5.11. The number of anilines is 2. The van der Waals surface area contributed by atoms with Crippen molar-refractivity contribution < 1.29 is 8.42 Å². The van der Waals surface area contributed by atoms with E-state index in [1.807, 2.05) is 18.2 Å². The van der Waals surface area contributed by atoms with E-state index in [0.29, 0.717) is 11.4 Å².